The van der Waals surface area contributed by atoms with E-state index in [1.54, 1.807) is 0 Å². The Labute approximate surface area is 146 Å². The van der Waals surface area contributed by atoms with Crippen molar-refractivity contribution < 1.29 is 0 Å². The Balaban J connectivity index is 1.32. The molecule has 1 aromatic rings. The van der Waals surface area contributed by atoms with Crippen LogP contribution in [0.1, 0.15) is 38.5 Å². The van der Waals surface area contributed by atoms with Crippen LogP contribution < -0.4 is 10.2 Å². The van der Waals surface area contributed by atoms with Gasteiger partial charge in [0.25, 0.3) is 0 Å². The molecule has 2 fully saturated rings. The van der Waals surface area contributed by atoms with Crippen molar-refractivity contribution in [3.63, 3.8) is 0 Å². The second-order valence-electron chi connectivity index (χ2n) is 6.92. The highest BCUT2D eigenvalue weighted by Gasteiger charge is 2.18. The van der Waals surface area contributed by atoms with E-state index in [1.165, 1.54) is 57.3 Å². The van der Waals surface area contributed by atoms with Crippen LogP contribution in [0.5, 0.6) is 0 Å². The number of nitrogens with zero attached hydrogens (tertiary/aromatic N) is 2. The molecule has 1 heterocycles. The van der Waals surface area contributed by atoms with Gasteiger partial charge in [0.1, 0.15) is 0 Å². The van der Waals surface area contributed by atoms with E-state index in [-0.39, 0.29) is 0 Å². The van der Waals surface area contributed by atoms with E-state index in [2.05, 4.69) is 27.2 Å². The average molecular weight is 336 g/mol. The van der Waals surface area contributed by atoms with Gasteiger partial charge in [0.2, 0.25) is 0 Å². The third-order valence-electron chi connectivity index (χ3n) is 5.25. The molecule has 0 spiro atoms. The Kier molecular flexibility index (Phi) is 6.61. The second kappa shape index (κ2) is 8.91. The number of piperazine rings is 1. The lowest BCUT2D eigenvalue weighted by Crippen LogP contribution is -2.47. The Morgan fingerprint density at radius 2 is 1.74 bits per heavy atom. The average Bonchev–Trinajstić information content (AvgIpc) is 2.61. The van der Waals surface area contributed by atoms with E-state index in [0.29, 0.717) is 0 Å². The number of hydrogen-bond donors (Lipinski definition) is 1. The highest BCUT2D eigenvalue weighted by Crippen LogP contribution is 2.26. The van der Waals surface area contributed by atoms with Gasteiger partial charge in [0, 0.05) is 32.2 Å². The zero-order valence-corrected chi connectivity index (χ0v) is 14.9. The summed E-state index contributed by atoms with van der Waals surface area (Å²) >= 11 is 6.31. The number of nitrogens with one attached hydrogen (secondary N) is 1. The normalized spacial score (nSPS) is 20.8. The molecule has 2 aliphatic rings. The van der Waals surface area contributed by atoms with Crippen molar-refractivity contribution in [2.24, 2.45) is 0 Å². The molecule has 0 aromatic heterocycles. The summed E-state index contributed by atoms with van der Waals surface area (Å²) < 4.78 is 0. The van der Waals surface area contributed by atoms with Crippen LogP contribution in [-0.2, 0) is 0 Å². The molecule has 23 heavy (non-hydrogen) atoms. The molecule has 0 bridgehead atoms. The lowest BCUT2D eigenvalue weighted by molar-refractivity contribution is 0.250. The van der Waals surface area contributed by atoms with Crippen LogP contribution in [0.4, 0.5) is 5.69 Å². The Morgan fingerprint density at radius 3 is 2.48 bits per heavy atom. The van der Waals surface area contributed by atoms with Gasteiger partial charge in [0.05, 0.1) is 10.7 Å². The molecule has 4 heteroatoms. The Bertz CT molecular complexity index is 465. The summed E-state index contributed by atoms with van der Waals surface area (Å²) in [7, 11) is 0. The number of benzene rings is 1. The fourth-order valence-corrected chi connectivity index (χ4v) is 4.09. The largest absolute Gasteiger partial charge is 0.368 e. The summed E-state index contributed by atoms with van der Waals surface area (Å²) in [4.78, 5) is 5.01. The Morgan fingerprint density at radius 1 is 1.00 bits per heavy atom. The minimum Gasteiger partial charge on any atom is -0.368 e. The summed E-state index contributed by atoms with van der Waals surface area (Å²) in [5.74, 6) is 0. The molecular weight excluding hydrogens is 306 g/mol. The SMILES string of the molecule is Clc1ccccc1N1CCN(CCCNC2CCCCC2)CC1. The Hall–Kier alpha value is -0.770. The van der Waals surface area contributed by atoms with Gasteiger partial charge >= 0.3 is 0 Å². The fourth-order valence-electron chi connectivity index (χ4n) is 3.84. The van der Waals surface area contributed by atoms with Crippen LogP contribution in [-0.4, -0.2) is 50.2 Å². The monoisotopic (exact) mass is 335 g/mol. The first kappa shape index (κ1) is 17.1. The van der Waals surface area contributed by atoms with E-state index in [4.69, 9.17) is 11.6 Å². The molecule has 0 atom stereocenters. The summed E-state index contributed by atoms with van der Waals surface area (Å²) in [6, 6.07) is 8.99. The van der Waals surface area contributed by atoms with Crippen molar-refractivity contribution >= 4 is 17.3 Å². The standard InChI is InChI=1S/C19H30ClN3/c20-18-9-4-5-10-19(18)23-15-13-22(14-16-23)12-6-11-21-17-7-2-1-3-8-17/h4-5,9-10,17,21H,1-3,6-8,11-16H2. The third-order valence-corrected chi connectivity index (χ3v) is 5.57. The molecule has 1 aromatic carbocycles. The molecule has 1 aliphatic heterocycles. The maximum atomic E-state index is 6.31. The van der Waals surface area contributed by atoms with Gasteiger partial charge in [-0.25, -0.2) is 0 Å². The zero-order valence-electron chi connectivity index (χ0n) is 14.1. The predicted molar refractivity (Wildman–Crippen MR) is 99.6 cm³/mol. The van der Waals surface area contributed by atoms with Gasteiger partial charge in [-0.15, -0.1) is 0 Å². The molecule has 1 aliphatic carbocycles. The van der Waals surface area contributed by atoms with Gasteiger partial charge in [-0.3, -0.25) is 4.90 Å². The van der Waals surface area contributed by atoms with E-state index >= 15 is 0 Å². The van der Waals surface area contributed by atoms with Gasteiger partial charge in [-0.1, -0.05) is 43.0 Å². The molecule has 3 rings (SSSR count). The molecule has 1 saturated carbocycles. The number of hydrogen-bond acceptors (Lipinski definition) is 3. The van der Waals surface area contributed by atoms with Gasteiger partial charge in [-0.05, 0) is 44.5 Å². The molecule has 3 nitrogen and oxygen atoms in total. The van der Waals surface area contributed by atoms with Crippen molar-refractivity contribution in [3.8, 4) is 0 Å². The van der Waals surface area contributed by atoms with Crippen LogP contribution in [0.25, 0.3) is 0 Å². The lowest BCUT2D eigenvalue weighted by atomic mass is 9.95. The predicted octanol–water partition coefficient (Wildman–Crippen LogP) is 3.77. The first-order chi connectivity index (χ1) is 11.3. The minimum atomic E-state index is 0.792. The van der Waals surface area contributed by atoms with Crippen molar-refractivity contribution in [1.29, 1.82) is 0 Å². The van der Waals surface area contributed by atoms with E-state index in [1.807, 2.05) is 12.1 Å². The smallest absolute Gasteiger partial charge is 0.0639 e. The molecule has 0 amide bonds. The van der Waals surface area contributed by atoms with E-state index < -0.39 is 0 Å². The topological polar surface area (TPSA) is 18.5 Å². The lowest BCUT2D eigenvalue weighted by Gasteiger charge is -2.36. The molecule has 1 saturated heterocycles. The number of anilines is 1. The number of rotatable bonds is 6. The van der Waals surface area contributed by atoms with Crippen LogP contribution in [0, 0.1) is 0 Å². The minimum absolute atomic E-state index is 0.792. The molecule has 0 unspecified atom stereocenters. The van der Waals surface area contributed by atoms with Gasteiger partial charge in [-0.2, -0.15) is 0 Å². The number of halogens is 1. The summed E-state index contributed by atoms with van der Waals surface area (Å²) in [6.45, 7) is 6.86. The van der Waals surface area contributed by atoms with Crippen LogP contribution in [0.3, 0.4) is 0 Å². The number of para-hydroxylation sites is 1. The molecule has 1 N–H and O–H groups in total. The van der Waals surface area contributed by atoms with Crippen LogP contribution in [0.15, 0.2) is 24.3 Å². The summed E-state index contributed by atoms with van der Waals surface area (Å²) in [6.07, 6.45) is 8.31. The van der Waals surface area contributed by atoms with Crippen molar-refractivity contribution in [3.05, 3.63) is 29.3 Å². The fraction of sp³-hybridized carbons (Fsp3) is 0.684. The molecule has 128 valence electrons. The quantitative estimate of drug-likeness (QED) is 0.798. The van der Waals surface area contributed by atoms with E-state index in [9.17, 15) is 0 Å². The first-order valence-electron chi connectivity index (χ1n) is 9.28. The highest BCUT2D eigenvalue weighted by atomic mass is 35.5. The zero-order chi connectivity index (χ0) is 15.9. The van der Waals surface area contributed by atoms with Gasteiger partial charge in [0.15, 0.2) is 0 Å². The highest BCUT2D eigenvalue weighted by molar-refractivity contribution is 6.33. The maximum Gasteiger partial charge on any atom is 0.0639 e. The molecule has 0 radical (unpaired) electrons. The summed E-state index contributed by atoms with van der Waals surface area (Å²) in [5.41, 5.74) is 1.19. The van der Waals surface area contributed by atoms with Crippen LogP contribution >= 0.6 is 11.6 Å². The van der Waals surface area contributed by atoms with Gasteiger partial charge < -0.3 is 10.2 Å². The van der Waals surface area contributed by atoms with Crippen LogP contribution in [0.2, 0.25) is 5.02 Å². The second-order valence-corrected chi connectivity index (χ2v) is 7.33. The third kappa shape index (κ3) is 5.10. The van der Waals surface area contributed by atoms with Crippen molar-refractivity contribution in [1.82, 2.24) is 10.2 Å². The summed E-state index contributed by atoms with van der Waals surface area (Å²) in [5, 5.41) is 4.62. The first-order valence-corrected chi connectivity index (χ1v) is 9.66. The molecular formula is C19H30ClN3. The van der Waals surface area contributed by atoms with Crippen molar-refractivity contribution in [2.45, 2.75) is 44.6 Å². The van der Waals surface area contributed by atoms with E-state index in [0.717, 1.165) is 37.2 Å². The maximum absolute atomic E-state index is 6.31. The van der Waals surface area contributed by atoms with Crippen molar-refractivity contribution in [2.75, 3.05) is 44.2 Å².